The second-order valence-electron chi connectivity index (χ2n) is 3.88. The summed E-state index contributed by atoms with van der Waals surface area (Å²) in [6, 6.07) is 0.0893. The Morgan fingerprint density at radius 1 is 1.54 bits per heavy atom. The van der Waals surface area contributed by atoms with E-state index in [-0.39, 0.29) is 6.04 Å². The first-order chi connectivity index (χ1) is 6.27. The lowest BCUT2D eigenvalue weighted by Crippen LogP contribution is -2.05. The van der Waals surface area contributed by atoms with Crippen LogP contribution in [0.4, 0.5) is 0 Å². The molecule has 0 spiro atoms. The molecule has 1 aliphatic carbocycles. The second kappa shape index (κ2) is 3.76. The first-order valence-electron chi connectivity index (χ1n) is 4.98. The van der Waals surface area contributed by atoms with Gasteiger partial charge in [-0.05, 0) is 19.8 Å². The smallest absolute Gasteiger partial charge is 0.0959 e. The quantitative estimate of drug-likeness (QED) is 0.790. The van der Waals surface area contributed by atoms with Gasteiger partial charge in [0, 0.05) is 17.3 Å². The summed E-state index contributed by atoms with van der Waals surface area (Å²) >= 11 is 1.78. The molecule has 2 N–H and O–H groups in total. The summed E-state index contributed by atoms with van der Waals surface area (Å²) in [4.78, 5) is 4.59. The Morgan fingerprint density at radius 2 is 2.23 bits per heavy atom. The maximum atomic E-state index is 5.77. The monoisotopic (exact) mass is 196 g/mol. The van der Waals surface area contributed by atoms with E-state index in [1.54, 1.807) is 11.3 Å². The van der Waals surface area contributed by atoms with Gasteiger partial charge in [-0.2, -0.15) is 0 Å². The third-order valence-electron chi connectivity index (χ3n) is 2.71. The highest BCUT2D eigenvalue weighted by atomic mass is 32.1. The molecule has 1 aromatic rings. The minimum atomic E-state index is 0.0893. The molecule has 1 atom stereocenters. The normalized spacial score (nSPS) is 20.8. The van der Waals surface area contributed by atoms with Gasteiger partial charge >= 0.3 is 0 Å². The van der Waals surface area contributed by atoms with Gasteiger partial charge in [0.15, 0.2) is 0 Å². The van der Waals surface area contributed by atoms with Crippen LogP contribution in [0.3, 0.4) is 0 Å². The molecule has 1 aliphatic rings. The Balaban J connectivity index is 2.12. The highest BCUT2D eigenvalue weighted by Crippen LogP contribution is 2.35. The minimum Gasteiger partial charge on any atom is -0.323 e. The molecular weight excluding hydrogens is 180 g/mol. The van der Waals surface area contributed by atoms with Gasteiger partial charge < -0.3 is 5.73 Å². The van der Waals surface area contributed by atoms with Crippen LogP contribution in [0.2, 0.25) is 0 Å². The minimum absolute atomic E-state index is 0.0893. The number of hydrogen-bond acceptors (Lipinski definition) is 3. The standard InChI is InChI=1S/C10H16N2S/c1-7(11)9-6-13-10(12-9)8-4-2-3-5-8/h6-8H,2-5,11H2,1H3. The molecule has 1 unspecified atom stereocenters. The van der Waals surface area contributed by atoms with Gasteiger partial charge in [-0.25, -0.2) is 4.98 Å². The molecule has 0 bridgehead atoms. The lowest BCUT2D eigenvalue weighted by molar-refractivity contribution is 0.700. The predicted octanol–water partition coefficient (Wildman–Crippen LogP) is 2.82. The van der Waals surface area contributed by atoms with E-state index < -0.39 is 0 Å². The van der Waals surface area contributed by atoms with Gasteiger partial charge in [-0.1, -0.05) is 12.8 Å². The van der Waals surface area contributed by atoms with E-state index in [4.69, 9.17) is 5.73 Å². The van der Waals surface area contributed by atoms with Gasteiger partial charge in [0.1, 0.15) is 0 Å². The Bertz CT molecular complexity index is 274. The van der Waals surface area contributed by atoms with Gasteiger partial charge in [0.25, 0.3) is 0 Å². The Kier molecular flexibility index (Phi) is 2.65. The second-order valence-corrected chi connectivity index (χ2v) is 4.77. The predicted molar refractivity (Wildman–Crippen MR) is 55.9 cm³/mol. The van der Waals surface area contributed by atoms with Crippen LogP contribution >= 0.6 is 11.3 Å². The van der Waals surface area contributed by atoms with Crippen molar-refractivity contribution in [3.63, 3.8) is 0 Å². The van der Waals surface area contributed by atoms with Crippen LogP contribution < -0.4 is 5.73 Å². The maximum absolute atomic E-state index is 5.77. The van der Waals surface area contributed by atoms with Crippen molar-refractivity contribution < 1.29 is 0 Å². The first kappa shape index (κ1) is 9.16. The Hall–Kier alpha value is -0.410. The molecule has 3 heteroatoms. The van der Waals surface area contributed by atoms with Crippen molar-refractivity contribution >= 4 is 11.3 Å². The van der Waals surface area contributed by atoms with Crippen LogP contribution in [-0.2, 0) is 0 Å². The molecule has 1 saturated carbocycles. The highest BCUT2D eigenvalue weighted by molar-refractivity contribution is 7.09. The Morgan fingerprint density at radius 3 is 2.77 bits per heavy atom. The van der Waals surface area contributed by atoms with Gasteiger partial charge in [0.2, 0.25) is 0 Å². The topological polar surface area (TPSA) is 38.9 Å². The fourth-order valence-electron chi connectivity index (χ4n) is 1.87. The van der Waals surface area contributed by atoms with E-state index in [1.807, 2.05) is 6.92 Å². The molecule has 0 radical (unpaired) electrons. The van der Waals surface area contributed by atoms with Crippen molar-refractivity contribution in [2.45, 2.75) is 44.6 Å². The highest BCUT2D eigenvalue weighted by Gasteiger charge is 2.20. The molecule has 0 saturated heterocycles. The van der Waals surface area contributed by atoms with Crippen molar-refractivity contribution in [3.8, 4) is 0 Å². The summed E-state index contributed by atoms with van der Waals surface area (Å²) in [5.74, 6) is 0.734. The molecule has 1 fully saturated rings. The van der Waals surface area contributed by atoms with E-state index in [9.17, 15) is 0 Å². The number of hydrogen-bond donors (Lipinski definition) is 1. The van der Waals surface area contributed by atoms with Crippen molar-refractivity contribution in [2.75, 3.05) is 0 Å². The lowest BCUT2D eigenvalue weighted by Gasteiger charge is -2.03. The molecule has 0 amide bonds. The zero-order valence-electron chi connectivity index (χ0n) is 7.99. The van der Waals surface area contributed by atoms with Crippen LogP contribution in [0.1, 0.15) is 55.3 Å². The molecule has 2 rings (SSSR count). The summed E-state index contributed by atoms with van der Waals surface area (Å²) in [6.07, 6.45) is 5.40. The van der Waals surface area contributed by atoms with Crippen LogP contribution in [0.25, 0.3) is 0 Å². The number of aromatic nitrogens is 1. The van der Waals surface area contributed by atoms with Gasteiger partial charge in [-0.15, -0.1) is 11.3 Å². The van der Waals surface area contributed by atoms with E-state index in [2.05, 4.69) is 10.4 Å². The molecule has 1 aromatic heterocycles. The average molecular weight is 196 g/mol. The molecule has 1 heterocycles. The van der Waals surface area contributed by atoms with Gasteiger partial charge in [-0.3, -0.25) is 0 Å². The molecule has 0 aromatic carbocycles. The number of nitrogens with two attached hydrogens (primary N) is 1. The fraction of sp³-hybridized carbons (Fsp3) is 0.700. The van der Waals surface area contributed by atoms with Crippen LogP contribution in [0.5, 0.6) is 0 Å². The molecule has 2 nitrogen and oxygen atoms in total. The summed E-state index contributed by atoms with van der Waals surface area (Å²) in [5.41, 5.74) is 6.83. The summed E-state index contributed by atoms with van der Waals surface area (Å²) in [5, 5.41) is 3.42. The van der Waals surface area contributed by atoms with E-state index in [0.29, 0.717) is 0 Å². The zero-order chi connectivity index (χ0) is 9.26. The largest absolute Gasteiger partial charge is 0.323 e. The maximum Gasteiger partial charge on any atom is 0.0959 e. The first-order valence-corrected chi connectivity index (χ1v) is 5.86. The molecule has 13 heavy (non-hydrogen) atoms. The summed E-state index contributed by atoms with van der Waals surface area (Å²) in [7, 11) is 0. The fourth-order valence-corrected chi connectivity index (χ4v) is 2.97. The summed E-state index contributed by atoms with van der Waals surface area (Å²) < 4.78 is 0. The van der Waals surface area contributed by atoms with E-state index in [1.165, 1.54) is 30.7 Å². The number of rotatable bonds is 2. The van der Waals surface area contributed by atoms with Crippen LogP contribution in [0, 0.1) is 0 Å². The van der Waals surface area contributed by atoms with Crippen molar-refractivity contribution in [3.05, 3.63) is 16.1 Å². The molecule has 72 valence electrons. The van der Waals surface area contributed by atoms with Crippen LogP contribution in [-0.4, -0.2) is 4.98 Å². The summed E-state index contributed by atoms with van der Waals surface area (Å²) in [6.45, 7) is 1.99. The van der Waals surface area contributed by atoms with E-state index >= 15 is 0 Å². The van der Waals surface area contributed by atoms with E-state index in [0.717, 1.165) is 11.6 Å². The Labute approximate surface area is 83.2 Å². The van der Waals surface area contributed by atoms with Crippen molar-refractivity contribution in [1.82, 2.24) is 4.98 Å². The third kappa shape index (κ3) is 1.92. The van der Waals surface area contributed by atoms with Gasteiger partial charge in [0.05, 0.1) is 10.7 Å². The molecule has 0 aliphatic heterocycles. The SMILES string of the molecule is CC(N)c1csc(C2CCCC2)n1. The van der Waals surface area contributed by atoms with Crippen LogP contribution in [0.15, 0.2) is 5.38 Å². The number of nitrogens with zero attached hydrogens (tertiary/aromatic N) is 1. The lowest BCUT2D eigenvalue weighted by atomic mass is 10.1. The average Bonchev–Trinajstić information content (AvgIpc) is 2.75. The third-order valence-corrected chi connectivity index (χ3v) is 3.74. The number of thiazole rings is 1. The van der Waals surface area contributed by atoms with Crippen molar-refractivity contribution in [2.24, 2.45) is 5.73 Å². The zero-order valence-corrected chi connectivity index (χ0v) is 8.81. The van der Waals surface area contributed by atoms with Crippen molar-refractivity contribution in [1.29, 1.82) is 0 Å². The molecular formula is C10H16N2S.